The van der Waals surface area contributed by atoms with E-state index in [1.165, 1.54) is 10.5 Å². The Kier molecular flexibility index (Phi) is 7.17. The minimum atomic E-state index is -3.70. The summed E-state index contributed by atoms with van der Waals surface area (Å²) in [4.78, 5) is 37.3. The van der Waals surface area contributed by atoms with Gasteiger partial charge < -0.3 is 19.1 Å². The molecule has 0 aromatic carbocycles. The summed E-state index contributed by atoms with van der Waals surface area (Å²) in [6, 6.07) is 5.73. The van der Waals surface area contributed by atoms with Crippen LogP contribution in [0.4, 0.5) is 5.82 Å². The highest BCUT2D eigenvalue weighted by Crippen LogP contribution is 2.24. The Labute approximate surface area is 199 Å². The molecule has 2 aliphatic rings. The first-order chi connectivity index (χ1) is 16.3. The summed E-state index contributed by atoms with van der Waals surface area (Å²) < 4.78 is 33.9. The molecule has 0 saturated carbocycles. The summed E-state index contributed by atoms with van der Waals surface area (Å²) in [6.45, 7) is 4.27. The van der Waals surface area contributed by atoms with E-state index in [1.807, 2.05) is 18.2 Å². The maximum atomic E-state index is 12.8. The fourth-order valence-corrected chi connectivity index (χ4v) is 5.68. The predicted octanol–water partition coefficient (Wildman–Crippen LogP) is 0.416. The van der Waals surface area contributed by atoms with Crippen molar-refractivity contribution in [3.8, 4) is 0 Å². The van der Waals surface area contributed by atoms with Crippen LogP contribution in [0.2, 0.25) is 0 Å². The molecule has 2 aromatic heterocycles. The van der Waals surface area contributed by atoms with Gasteiger partial charge in [0.15, 0.2) is 11.6 Å². The SMILES string of the molecule is Cc1nc(S(=O)(=O)N2CCC(C(=O)OCC(=O)N3CCN(c4ccccn4)CC3)CC2)cn1C. The number of hydrogen-bond acceptors (Lipinski definition) is 8. The number of piperidine rings is 1. The maximum Gasteiger partial charge on any atom is 0.309 e. The Bertz CT molecular complexity index is 1100. The van der Waals surface area contributed by atoms with Gasteiger partial charge in [-0.25, -0.2) is 18.4 Å². The van der Waals surface area contributed by atoms with Gasteiger partial charge >= 0.3 is 5.97 Å². The van der Waals surface area contributed by atoms with Crippen molar-refractivity contribution in [2.45, 2.75) is 24.8 Å². The van der Waals surface area contributed by atoms with Gasteiger partial charge in [-0.1, -0.05) is 6.07 Å². The number of pyridine rings is 1. The van der Waals surface area contributed by atoms with E-state index in [1.54, 1.807) is 29.6 Å². The number of aromatic nitrogens is 3. The Morgan fingerprint density at radius 2 is 1.79 bits per heavy atom. The first kappa shape index (κ1) is 24.1. The number of carbonyl (C=O) groups excluding carboxylic acids is 2. The number of aryl methyl sites for hydroxylation is 2. The lowest BCUT2D eigenvalue weighted by Gasteiger charge is -2.35. The summed E-state index contributed by atoms with van der Waals surface area (Å²) in [6.07, 6.45) is 3.93. The molecule has 11 nitrogen and oxygen atoms in total. The number of nitrogens with zero attached hydrogens (tertiary/aromatic N) is 6. The zero-order chi connectivity index (χ0) is 24.3. The van der Waals surface area contributed by atoms with E-state index in [9.17, 15) is 18.0 Å². The Morgan fingerprint density at radius 3 is 2.38 bits per heavy atom. The quantitative estimate of drug-likeness (QED) is 0.535. The minimum Gasteiger partial charge on any atom is -0.455 e. The molecule has 1 amide bonds. The Balaban J connectivity index is 1.21. The van der Waals surface area contributed by atoms with Crippen molar-refractivity contribution >= 4 is 27.7 Å². The van der Waals surface area contributed by atoms with Crippen LogP contribution in [0, 0.1) is 12.8 Å². The highest BCUT2D eigenvalue weighted by atomic mass is 32.2. The average molecular weight is 491 g/mol. The topological polar surface area (TPSA) is 118 Å². The fourth-order valence-electron chi connectivity index (χ4n) is 4.18. The van der Waals surface area contributed by atoms with E-state index in [0.29, 0.717) is 44.8 Å². The first-order valence-electron chi connectivity index (χ1n) is 11.4. The number of imidazole rings is 1. The summed E-state index contributed by atoms with van der Waals surface area (Å²) in [5.74, 6) is 0.392. The number of amides is 1. The predicted molar refractivity (Wildman–Crippen MR) is 123 cm³/mol. The largest absolute Gasteiger partial charge is 0.455 e. The molecule has 0 bridgehead atoms. The Hall–Kier alpha value is -2.99. The van der Waals surface area contributed by atoms with Crippen molar-refractivity contribution in [2.75, 3.05) is 50.8 Å². The molecule has 4 rings (SSSR count). The molecule has 34 heavy (non-hydrogen) atoms. The van der Waals surface area contributed by atoms with Gasteiger partial charge in [-0.05, 0) is 31.9 Å². The van der Waals surface area contributed by atoms with Crippen LogP contribution in [0.3, 0.4) is 0 Å². The highest BCUT2D eigenvalue weighted by Gasteiger charge is 2.34. The van der Waals surface area contributed by atoms with Crippen LogP contribution < -0.4 is 4.90 Å². The zero-order valence-electron chi connectivity index (χ0n) is 19.5. The molecule has 0 atom stereocenters. The molecule has 2 fully saturated rings. The molecule has 0 N–H and O–H groups in total. The molecule has 0 spiro atoms. The molecular formula is C22H30N6O5S. The molecule has 2 aliphatic heterocycles. The number of piperazine rings is 1. The zero-order valence-corrected chi connectivity index (χ0v) is 20.3. The van der Waals surface area contributed by atoms with Gasteiger partial charge in [-0.3, -0.25) is 9.59 Å². The van der Waals surface area contributed by atoms with Crippen LogP contribution in [-0.4, -0.2) is 89.9 Å². The number of carbonyl (C=O) groups is 2. The van der Waals surface area contributed by atoms with E-state index >= 15 is 0 Å². The second kappa shape index (κ2) is 10.1. The number of esters is 1. The minimum absolute atomic E-state index is 0.0160. The van der Waals surface area contributed by atoms with Gasteiger partial charge in [0.1, 0.15) is 11.6 Å². The number of ether oxygens (including phenoxy) is 1. The van der Waals surface area contributed by atoms with Crippen LogP contribution in [0.15, 0.2) is 35.6 Å². The summed E-state index contributed by atoms with van der Waals surface area (Å²) in [5, 5.41) is 0.0160. The number of rotatable bonds is 6. The van der Waals surface area contributed by atoms with Gasteiger partial charge in [0, 0.05) is 58.7 Å². The smallest absolute Gasteiger partial charge is 0.309 e. The van der Waals surface area contributed by atoms with Crippen LogP contribution in [0.1, 0.15) is 18.7 Å². The summed E-state index contributed by atoms with van der Waals surface area (Å²) in [5.41, 5.74) is 0. The van der Waals surface area contributed by atoms with Gasteiger partial charge in [0.05, 0.1) is 5.92 Å². The van der Waals surface area contributed by atoms with Gasteiger partial charge in [0.2, 0.25) is 0 Å². The molecule has 184 valence electrons. The van der Waals surface area contributed by atoms with Crippen LogP contribution >= 0.6 is 0 Å². The standard InChI is InChI=1S/C22H30N6O5S/c1-17-24-20(15-25(17)2)34(31,32)28-9-6-18(7-10-28)22(30)33-16-21(29)27-13-11-26(12-14-27)19-5-3-4-8-23-19/h3-5,8,15,18H,6-7,9-14,16H2,1-2H3. The molecule has 4 heterocycles. The number of anilines is 1. The van der Waals surface area contributed by atoms with E-state index in [4.69, 9.17) is 4.74 Å². The molecule has 0 unspecified atom stereocenters. The van der Waals surface area contributed by atoms with Gasteiger partial charge in [-0.15, -0.1) is 0 Å². The maximum absolute atomic E-state index is 12.8. The molecule has 12 heteroatoms. The lowest BCUT2D eigenvalue weighted by molar-refractivity contribution is -0.156. The fraction of sp³-hybridized carbons (Fsp3) is 0.545. The first-order valence-corrected chi connectivity index (χ1v) is 12.8. The van der Waals surface area contributed by atoms with Crippen molar-refractivity contribution in [2.24, 2.45) is 13.0 Å². The molecular weight excluding hydrogens is 460 g/mol. The second-order valence-electron chi connectivity index (χ2n) is 8.58. The summed E-state index contributed by atoms with van der Waals surface area (Å²) in [7, 11) is -1.96. The molecule has 0 aliphatic carbocycles. The molecule has 0 radical (unpaired) electrons. The van der Waals surface area contributed by atoms with Gasteiger partial charge in [0.25, 0.3) is 15.9 Å². The van der Waals surface area contributed by atoms with E-state index in [-0.39, 0.29) is 30.6 Å². The lowest BCUT2D eigenvalue weighted by Crippen LogP contribution is -2.50. The average Bonchev–Trinajstić information content (AvgIpc) is 3.22. The van der Waals surface area contributed by atoms with Crippen LogP contribution in [0.25, 0.3) is 0 Å². The molecule has 2 aromatic rings. The third-order valence-corrected chi connectivity index (χ3v) is 8.19. The van der Waals surface area contributed by atoms with Crippen LogP contribution in [-0.2, 0) is 31.4 Å². The third-order valence-electron chi connectivity index (χ3n) is 6.42. The van der Waals surface area contributed by atoms with Crippen molar-refractivity contribution in [1.29, 1.82) is 0 Å². The van der Waals surface area contributed by atoms with Crippen molar-refractivity contribution in [3.63, 3.8) is 0 Å². The second-order valence-corrected chi connectivity index (χ2v) is 10.5. The van der Waals surface area contributed by atoms with Gasteiger partial charge in [-0.2, -0.15) is 4.31 Å². The van der Waals surface area contributed by atoms with E-state index < -0.39 is 21.9 Å². The van der Waals surface area contributed by atoms with E-state index in [2.05, 4.69) is 14.9 Å². The normalized spacial score (nSPS) is 18.2. The number of hydrogen-bond donors (Lipinski definition) is 0. The third kappa shape index (κ3) is 5.22. The molecule has 2 saturated heterocycles. The Morgan fingerprint density at radius 1 is 1.09 bits per heavy atom. The van der Waals surface area contributed by atoms with Crippen molar-refractivity contribution in [3.05, 3.63) is 36.4 Å². The monoisotopic (exact) mass is 490 g/mol. The lowest BCUT2D eigenvalue weighted by atomic mass is 9.98. The summed E-state index contributed by atoms with van der Waals surface area (Å²) >= 11 is 0. The highest BCUT2D eigenvalue weighted by molar-refractivity contribution is 7.89. The van der Waals surface area contributed by atoms with Crippen molar-refractivity contribution in [1.82, 2.24) is 23.7 Å². The van der Waals surface area contributed by atoms with Crippen LogP contribution in [0.5, 0.6) is 0 Å². The van der Waals surface area contributed by atoms with E-state index in [0.717, 1.165) is 5.82 Å². The van der Waals surface area contributed by atoms with Crippen molar-refractivity contribution < 1.29 is 22.7 Å². The number of sulfonamides is 1.